The molecule has 0 radical (unpaired) electrons. The SMILES string of the molecule is CC(C)N1CCC(NC(=O)C2CNc3ccccc32)CC1. The van der Waals surface area contributed by atoms with Crippen LogP contribution >= 0.6 is 0 Å². The number of likely N-dealkylation sites (tertiary alicyclic amines) is 1. The van der Waals surface area contributed by atoms with E-state index in [1.165, 1.54) is 0 Å². The van der Waals surface area contributed by atoms with Crippen LogP contribution in [0.15, 0.2) is 24.3 Å². The number of para-hydroxylation sites is 1. The first-order valence-electron chi connectivity index (χ1n) is 8.02. The maximum absolute atomic E-state index is 12.5. The molecule has 0 spiro atoms. The van der Waals surface area contributed by atoms with E-state index in [0.717, 1.165) is 43.7 Å². The van der Waals surface area contributed by atoms with E-state index in [0.29, 0.717) is 12.1 Å². The maximum atomic E-state index is 12.5. The predicted octanol–water partition coefficient (Wildman–Crippen LogP) is 2.18. The Morgan fingerprint density at radius 1 is 1.29 bits per heavy atom. The summed E-state index contributed by atoms with van der Waals surface area (Å²) in [6, 6.07) is 9.05. The molecule has 2 heterocycles. The zero-order valence-corrected chi connectivity index (χ0v) is 12.9. The van der Waals surface area contributed by atoms with Crippen molar-refractivity contribution in [1.82, 2.24) is 10.2 Å². The highest BCUT2D eigenvalue weighted by Gasteiger charge is 2.30. The minimum atomic E-state index is -0.0377. The lowest BCUT2D eigenvalue weighted by molar-refractivity contribution is -0.123. The molecular formula is C17H25N3O. The molecule has 1 unspecified atom stereocenters. The number of carbonyl (C=O) groups excluding carboxylic acids is 1. The minimum absolute atomic E-state index is 0.0377. The van der Waals surface area contributed by atoms with Crippen LogP contribution in [0.2, 0.25) is 0 Å². The van der Waals surface area contributed by atoms with E-state index in [2.05, 4.69) is 35.4 Å². The van der Waals surface area contributed by atoms with Crippen LogP contribution in [0.3, 0.4) is 0 Å². The van der Waals surface area contributed by atoms with Crippen LogP contribution < -0.4 is 10.6 Å². The van der Waals surface area contributed by atoms with Crippen LogP contribution in [0, 0.1) is 0 Å². The summed E-state index contributed by atoms with van der Waals surface area (Å²) < 4.78 is 0. The molecule has 0 bridgehead atoms. The van der Waals surface area contributed by atoms with Gasteiger partial charge in [-0.25, -0.2) is 0 Å². The number of nitrogens with zero attached hydrogens (tertiary/aromatic N) is 1. The fourth-order valence-electron chi connectivity index (χ4n) is 3.38. The van der Waals surface area contributed by atoms with Gasteiger partial charge < -0.3 is 15.5 Å². The summed E-state index contributed by atoms with van der Waals surface area (Å²) in [6.07, 6.45) is 2.12. The van der Waals surface area contributed by atoms with Gasteiger partial charge in [0.15, 0.2) is 0 Å². The number of nitrogens with one attached hydrogen (secondary N) is 2. The van der Waals surface area contributed by atoms with Crippen LogP contribution in [-0.4, -0.2) is 42.5 Å². The number of fused-ring (bicyclic) bond motifs is 1. The zero-order chi connectivity index (χ0) is 14.8. The molecule has 4 nitrogen and oxygen atoms in total. The predicted molar refractivity (Wildman–Crippen MR) is 85.5 cm³/mol. The second kappa shape index (κ2) is 6.06. The van der Waals surface area contributed by atoms with Crippen LogP contribution in [0.5, 0.6) is 0 Å². The monoisotopic (exact) mass is 287 g/mol. The molecule has 1 aromatic carbocycles. The fraction of sp³-hybridized carbons (Fsp3) is 0.588. The molecule has 4 heteroatoms. The van der Waals surface area contributed by atoms with Gasteiger partial charge in [-0.2, -0.15) is 0 Å². The Balaban J connectivity index is 1.56. The van der Waals surface area contributed by atoms with E-state index in [1.54, 1.807) is 0 Å². The quantitative estimate of drug-likeness (QED) is 0.895. The van der Waals surface area contributed by atoms with Gasteiger partial charge in [-0.1, -0.05) is 18.2 Å². The summed E-state index contributed by atoms with van der Waals surface area (Å²) in [5, 5.41) is 6.58. The van der Waals surface area contributed by atoms with Crippen LogP contribution in [-0.2, 0) is 4.79 Å². The van der Waals surface area contributed by atoms with Gasteiger partial charge in [0.25, 0.3) is 0 Å². The normalized spacial score (nSPS) is 22.9. The number of hydrogen-bond acceptors (Lipinski definition) is 3. The van der Waals surface area contributed by atoms with Crippen molar-refractivity contribution in [2.24, 2.45) is 0 Å². The summed E-state index contributed by atoms with van der Waals surface area (Å²) in [5.74, 6) is 0.139. The lowest BCUT2D eigenvalue weighted by atomic mass is 9.98. The largest absolute Gasteiger partial charge is 0.384 e. The first-order valence-corrected chi connectivity index (χ1v) is 8.02. The molecule has 1 saturated heterocycles. The number of hydrogen-bond donors (Lipinski definition) is 2. The van der Waals surface area contributed by atoms with Crippen LogP contribution in [0.1, 0.15) is 38.2 Å². The van der Waals surface area contributed by atoms with Crippen molar-refractivity contribution < 1.29 is 4.79 Å². The summed E-state index contributed by atoms with van der Waals surface area (Å²) >= 11 is 0. The Morgan fingerprint density at radius 2 is 2.00 bits per heavy atom. The Morgan fingerprint density at radius 3 is 2.71 bits per heavy atom. The average Bonchev–Trinajstić information content (AvgIpc) is 2.92. The lowest BCUT2D eigenvalue weighted by Gasteiger charge is -2.35. The van der Waals surface area contributed by atoms with E-state index >= 15 is 0 Å². The maximum Gasteiger partial charge on any atom is 0.229 e. The summed E-state index contributed by atoms with van der Waals surface area (Å²) in [5.41, 5.74) is 2.24. The van der Waals surface area contributed by atoms with E-state index in [1.807, 2.05) is 18.2 Å². The summed E-state index contributed by atoms with van der Waals surface area (Å²) in [4.78, 5) is 15.0. The van der Waals surface area contributed by atoms with Crippen molar-refractivity contribution in [1.29, 1.82) is 0 Å². The highest BCUT2D eigenvalue weighted by atomic mass is 16.2. The van der Waals surface area contributed by atoms with Crippen molar-refractivity contribution >= 4 is 11.6 Å². The lowest BCUT2D eigenvalue weighted by Crippen LogP contribution is -2.47. The molecule has 21 heavy (non-hydrogen) atoms. The van der Waals surface area contributed by atoms with E-state index in [-0.39, 0.29) is 11.8 Å². The second-order valence-corrected chi connectivity index (χ2v) is 6.43. The molecule has 114 valence electrons. The molecule has 1 atom stereocenters. The third kappa shape index (κ3) is 3.05. The summed E-state index contributed by atoms with van der Waals surface area (Å²) in [7, 11) is 0. The van der Waals surface area contributed by atoms with Gasteiger partial charge in [-0.05, 0) is 38.3 Å². The zero-order valence-electron chi connectivity index (χ0n) is 12.9. The van der Waals surface area contributed by atoms with Gasteiger partial charge in [0.2, 0.25) is 5.91 Å². The number of rotatable bonds is 3. The molecular weight excluding hydrogens is 262 g/mol. The van der Waals surface area contributed by atoms with Gasteiger partial charge in [0.1, 0.15) is 0 Å². The number of carbonyl (C=O) groups is 1. The molecule has 2 N–H and O–H groups in total. The third-order valence-electron chi connectivity index (χ3n) is 4.76. The molecule has 2 aliphatic rings. The Hall–Kier alpha value is -1.55. The van der Waals surface area contributed by atoms with Gasteiger partial charge in [0, 0.05) is 37.4 Å². The van der Waals surface area contributed by atoms with E-state index in [4.69, 9.17) is 0 Å². The van der Waals surface area contributed by atoms with Crippen molar-refractivity contribution in [3.05, 3.63) is 29.8 Å². The molecule has 2 aliphatic heterocycles. The van der Waals surface area contributed by atoms with Crippen molar-refractivity contribution in [3.63, 3.8) is 0 Å². The van der Waals surface area contributed by atoms with E-state index < -0.39 is 0 Å². The van der Waals surface area contributed by atoms with Crippen molar-refractivity contribution in [2.45, 2.75) is 44.7 Å². The topological polar surface area (TPSA) is 44.4 Å². The van der Waals surface area contributed by atoms with Gasteiger partial charge in [-0.15, -0.1) is 0 Å². The Labute approximate surface area is 126 Å². The molecule has 1 amide bonds. The first-order chi connectivity index (χ1) is 10.1. The molecule has 0 aliphatic carbocycles. The standard InChI is InChI=1S/C17H25N3O/c1-12(2)20-9-7-13(8-10-20)19-17(21)15-11-18-16-6-4-3-5-14(15)16/h3-6,12-13,15,18H,7-11H2,1-2H3,(H,19,21). The second-order valence-electron chi connectivity index (χ2n) is 6.43. The third-order valence-corrected chi connectivity index (χ3v) is 4.76. The minimum Gasteiger partial charge on any atom is -0.384 e. The average molecular weight is 287 g/mol. The number of anilines is 1. The van der Waals surface area contributed by atoms with Crippen molar-refractivity contribution in [2.75, 3.05) is 25.0 Å². The Bertz CT molecular complexity index is 507. The molecule has 1 aromatic rings. The highest BCUT2D eigenvalue weighted by Crippen LogP contribution is 2.31. The number of amides is 1. The van der Waals surface area contributed by atoms with Gasteiger partial charge in [-0.3, -0.25) is 4.79 Å². The molecule has 3 rings (SSSR count). The van der Waals surface area contributed by atoms with Gasteiger partial charge in [0.05, 0.1) is 5.92 Å². The molecule has 1 fully saturated rings. The highest BCUT2D eigenvalue weighted by molar-refractivity contribution is 5.88. The molecule has 0 saturated carbocycles. The van der Waals surface area contributed by atoms with Crippen LogP contribution in [0.4, 0.5) is 5.69 Å². The number of benzene rings is 1. The fourth-order valence-corrected chi connectivity index (χ4v) is 3.38. The van der Waals surface area contributed by atoms with Gasteiger partial charge >= 0.3 is 0 Å². The first kappa shape index (κ1) is 14.4. The molecule has 0 aromatic heterocycles. The van der Waals surface area contributed by atoms with Crippen molar-refractivity contribution in [3.8, 4) is 0 Å². The smallest absolute Gasteiger partial charge is 0.229 e. The van der Waals surface area contributed by atoms with E-state index in [9.17, 15) is 4.79 Å². The number of piperidine rings is 1. The Kier molecular flexibility index (Phi) is 4.15. The van der Waals surface area contributed by atoms with Crippen LogP contribution in [0.25, 0.3) is 0 Å². The summed E-state index contributed by atoms with van der Waals surface area (Å²) in [6.45, 7) is 7.36.